The molecule has 0 amide bonds. The number of anilines is 1. The van der Waals surface area contributed by atoms with Crippen molar-refractivity contribution in [2.75, 3.05) is 25.6 Å². The molecule has 0 saturated heterocycles. The molecule has 0 atom stereocenters. The van der Waals surface area contributed by atoms with E-state index in [0.717, 1.165) is 6.42 Å². The molecule has 0 bridgehead atoms. The highest BCUT2D eigenvalue weighted by Gasteiger charge is 2.18. The second-order valence-corrected chi connectivity index (χ2v) is 4.99. The van der Waals surface area contributed by atoms with Crippen molar-refractivity contribution in [2.45, 2.75) is 20.3 Å². The number of aromatic carboxylic acids is 1. The van der Waals surface area contributed by atoms with Gasteiger partial charge >= 0.3 is 5.97 Å². The van der Waals surface area contributed by atoms with Crippen LogP contribution in [0.3, 0.4) is 0 Å². The summed E-state index contributed by atoms with van der Waals surface area (Å²) >= 11 is 0. The number of rotatable bonds is 7. The molecular formula is C13H20N2O3. The van der Waals surface area contributed by atoms with E-state index in [0.29, 0.717) is 18.8 Å². The van der Waals surface area contributed by atoms with Gasteiger partial charge in [-0.25, -0.2) is 4.79 Å². The zero-order chi connectivity index (χ0) is 13.6. The first-order valence-corrected chi connectivity index (χ1v) is 5.86. The normalized spacial score (nSPS) is 11.3. The van der Waals surface area contributed by atoms with Gasteiger partial charge in [-0.2, -0.15) is 0 Å². The molecule has 1 aromatic heterocycles. The predicted octanol–water partition coefficient (Wildman–Crippen LogP) is 2.25. The molecule has 1 heterocycles. The zero-order valence-electron chi connectivity index (χ0n) is 11.1. The average molecular weight is 252 g/mol. The molecule has 2 N–H and O–H groups in total. The summed E-state index contributed by atoms with van der Waals surface area (Å²) < 4.78 is 5.06. The van der Waals surface area contributed by atoms with E-state index in [1.54, 1.807) is 19.4 Å². The smallest absolute Gasteiger partial charge is 0.339 e. The van der Waals surface area contributed by atoms with E-state index in [1.807, 2.05) is 0 Å². The lowest BCUT2D eigenvalue weighted by Crippen LogP contribution is -2.25. The summed E-state index contributed by atoms with van der Waals surface area (Å²) in [4.78, 5) is 14.8. The maximum atomic E-state index is 11.0. The fourth-order valence-electron chi connectivity index (χ4n) is 1.52. The van der Waals surface area contributed by atoms with Crippen molar-refractivity contribution in [2.24, 2.45) is 5.41 Å². The quantitative estimate of drug-likeness (QED) is 0.778. The Morgan fingerprint density at radius 2 is 2.28 bits per heavy atom. The van der Waals surface area contributed by atoms with E-state index in [1.165, 1.54) is 6.20 Å². The van der Waals surface area contributed by atoms with Gasteiger partial charge in [0.25, 0.3) is 0 Å². The van der Waals surface area contributed by atoms with Gasteiger partial charge in [-0.05, 0) is 17.9 Å². The second kappa shape index (κ2) is 6.35. The maximum Gasteiger partial charge on any atom is 0.339 e. The lowest BCUT2D eigenvalue weighted by atomic mass is 9.89. The van der Waals surface area contributed by atoms with Gasteiger partial charge in [0, 0.05) is 32.7 Å². The number of aromatic nitrogens is 1. The van der Waals surface area contributed by atoms with Gasteiger partial charge in [0.15, 0.2) is 0 Å². The zero-order valence-corrected chi connectivity index (χ0v) is 11.1. The van der Waals surface area contributed by atoms with E-state index >= 15 is 0 Å². The SMILES string of the molecule is COCCC(C)(C)CNc1ccncc1C(=O)O. The van der Waals surface area contributed by atoms with Gasteiger partial charge in [-0.15, -0.1) is 0 Å². The number of nitrogens with one attached hydrogen (secondary N) is 1. The highest BCUT2D eigenvalue weighted by atomic mass is 16.5. The number of ether oxygens (including phenoxy) is 1. The van der Waals surface area contributed by atoms with Gasteiger partial charge in [0.2, 0.25) is 0 Å². The minimum atomic E-state index is -0.972. The summed E-state index contributed by atoms with van der Waals surface area (Å²) in [5.41, 5.74) is 0.831. The molecule has 0 spiro atoms. The Bertz CT molecular complexity index is 405. The molecule has 0 fully saturated rings. The highest BCUT2D eigenvalue weighted by molar-refractivity contribution is 5.93. The molecule has 0 unspecified atom stereocenters. The van der Waals surface area contributed by atoms with Crippen LogP contribution in [0.2, 0.25) is 0 Å². The molecule has 0 aliphatic carbocycles. The van der Waals surface area contributed by atoms with Crippen molar-refractivity contribution in [3.05, 3.63) is 24.0 Å². The fraction of sp³-hybridized carbons (Fsp3) is 0.538. The van der Waals surface area contributed by atoms with Crippen LogP contribution >= 0.6 is 0 Å². The van der Waals surface area contributed by atoms with Crippen LogP contribution in [-0.2, 0) is 4.74 Å². The Morgan fingerprint density at radius 1 is 1.56 bits per heavy atom. The molecular weight excluding hydrogens is 232 g/mol. The van der Waals surface area contributed by atoms with Crippen molar-refractivity contribution in [1.82, 2.24) is 4.98 Å². The minimum Gasteiger partial charge on any atom is -0.478 e. The average Bonchev–Trinajstić information content (AvgIpc) is 2.34. The number of hydrogen-bond donors (Lipinski definition) is 2. The van der Waals surface area contributed by atoms with Crippen molar-refractivity contribution < 1.29 is 14.6 Å². The largest absolute Gasteiger partial charge is 0.478 e. The van der Waals surface area contributed by atoms with Crippen molar-refractivity contribution >= 4 is 11.7 Å². The number of carboxylic acids is 1. The molecule has 0 saturated carbocycles. The molecule has 1 aromatic rings. The van der Waals surface area contributed by atoms with Crippen molar-refractivity contribution in [3.8, 4) is 0 Å². The Morgan fingerprint density at radius 3 is 2.89 bits per heavy atom. The molecule has 0 aliphatic rings. The summed E-state index contributed by atoms with van der Waals surface area (Å²) in [6, 6.07) is 1.68. The van der Waals surface area contributed by atoms with Gasteiger partial charge in [-0.1, -0.05) is 13.8 Å². The molecule has 100 valence electrons. The van der Waals surface area contributed by atoms with Crippen molar-refractivity contribution in [3.63, 3.8) is 0 Å². The first kappa shape index (κ1) is 14.4. The molecule has 0 aliphatic heterocycles. The van der Waals surface area contributed by atoms with Crippen LogP contribution in [0.5, 0.6) is 0 Å². The third-order valence-electron chi connectivity index (χ3n) is 2.79. The van der Waals surface area contributed by atoms with Crippen LogP contribution in [-0.4, -0.2) is 36.3 Å². The van der Waals surface area contributed by atoms with E-state index in [9.17, 15) is 4.79 Å². The molecule has 18 heavy (non-hydrogen) atoms. The van der Waals surface area contributed by atoms with Crippen LogP contribution in [0.25, 0.3) is 0 Å². The summed E-state index contributed by atoms with van der Waals surface area (Å²) in [6.07, 6.45) is 3.84. The number of carbonyl (C=O) groups is 1. The fourth-order valence-corrected chi connectivity index (χ4v) is 1.52. The summed E-state index contributed by atoms with van der Waals surface area (Å²) in [5.74, 6) is -0.972. The maximum absolute atomic E-state index is 11.0. The van der Waals surface area contributed by atoms with E-state index in [-0.39, 0.29) is 11.0 Å². The molecule has 0 aromatic carbocycles. The third kappa shape index (κ3) is 4.33. The van der Waals surface area contributed by atoms with Crippen molar-refractivity contribution in [1.29, 1.82) is 0 Å². The van der Waals surface area contributed by atoms with E-state index < -0.39 is 5.97 Å². The minimum absolute atomic E-state index is 0.0368. The van der Waals surface area contributed by atoms with E-state index in [4.69, 9.17) is 9.84 Å². The number of nitrogens with zero attached hydrogens (tertiary/aromatic N) is 1. The predicted molar refractivity (Wildman–Crippen MR) is 70.0 cm³/mol. The lowest BCUT2D eigenvalue weighted by molar-refractivity contribution is 0.0697. The third-order valence-corrected chi connectivity index (χ3v) is 2.79. The van der Waals surface area contributed by atoms with Crippen LogP contribution in [0.15, 0.2) is 18.5 Å². The molecule has 5 heteroatoms. The number of hydrogen-bond acceptors (Lipinski definition) is 4. The summed E-state index contributed by atoms with van der Waals surface area (Å²) in [5, 5.41) is 12.2. The molecule has 0 radical (unpaired) electrons. The Balaban J connectivity index is 2.65. The van der Waals surface area contributed by atoms with Crippen LogP contribution < -0.4 is 5.32 Å². The summed E-state index contributed by atoms with van der Waals surface area (Å²) in [6.45, 7) is 5.60. The molecule has 5 nitrogen and oxygen atoms in total. The Labute approximate surface area is 107 Å². The van der Waals surface area contributed by atoms with Crippen LogP contribution in [0.4, 0.5) is 5.69 Å². The van der Waals surface area contributed by atoms with Crippen LogP contribution in [0, 0.1) is 5.41 Å². The van der Waals surface area contributed by atoms with Gasteiger partial charge in [0.05, 0.1) is 5.69 Å². The van der Waals surface area contributed by atoms with Crippen LogP contribution in [0.1, 0.15) is 30.6 Å². The first-order valence-electron chi connectivity index (χ1n) is 5.86. The summed E-state index contributed by atoms with van der Waals surface area (Å²) in [7, 11) is 1.68. The highest BCUT2D eigenvalue weighted by Crippen LogP contribution is 2.22. The molecule has 1 rings (SSSR count). The van der Waals surface area contributed by atoms with Gasteiger partial charge in [0.1, 0.15) is 5.56 Å². The first-order chi connectivity index (χ1) is 8.46. The second-order valence-electron chi connectivity index (χ2n) is 4.99. The van der Waals surface area contributed by atoms with Gasteiger partial charge in [-0.3, -0.25) is 4.98 Å². The monoisotopic (exact) mass is 252 g/mol. The number of methoxy groups -OCH3 is 1. The van der Waals surface area contributed by atoms with Gasteiger partial charge < -0.3 is 15.2 Å². The standard InChI is InChI=1S/C13H20N2O3/c1-13(2,5-7-18-3)9-15-11-4-6-14-8-10(11)12(16)17/h4,6,8H,5,7,9H2,1-3H3,(H,14,15)(H,16,17). The topological polar surface area (TPSA) is 71.5 Å². The van der Waals surface area contributed by atoms with E-state index in [2.05, 4.69) is 24.1 Å². The Hall–Kier alpha value is -1.62. The lowest BCUT2D eigenvalue weighted by Gasteiger charge is -2.25. The number of pyridine rings is 1. The number of carboxylic acid groups (broad SMARTS) is 1. The Kier molecular flexibility index (Phi) is 5.09.